The maximum absolute atomic E-state index is 13.2. The highest BCUT2D eigenvalue weighted by atomic mass is 19.1. The average molecular weight is 334 g/mol. The van der Waals surface area contributed by atoms with Crippen molar-refractivity contribution in [2.24, 2.45) is 11.8 Å². The molecule has 2 atom stereocenters. The van der Waals surface area contributed by atoms with E-state index in [1.165, 1.54) is 12.1 Å². The molecule has 5 nitrogen and oxygen atoms in total. The molecule has 2 aliphatic rings. The molecule has 0 saturated carbocycles. The minimum Gasteiger partial charge on any atom is -0.378 e. The minimum atomic E-state index is -0.374. The van der Waals surface area contributed by atoms with Gasteiger partial charge in [0.25, 0.3) is 0 Å². The monoisotopic (exact) mass is 334 g/mol. The number of carbonyl (C=O) groups is 2. The SMILES string of the molecule is C[C@@H]1OCC[C@H]1C(=O)N1CCC(C(=O)Nc2cccc(F)c2)CC1. The molecule has 2 amide bonds. The summed E-state index contributed by atoms with van der Waals surface area (Å²) < 4.78 is 18.6. The number of hydrogen-bond donors (Lipinski definition) is 1. The highest BCUT2D eigenvalue weighted by Gasteiger charge is 2.36. The number of nitrogens with one attached hydrogen (secondary N) is 1. The largest absolute Gasteiger partial charge is 0.378 e. The van der Waals surface area contributed by atoms with E-state index in [9.17, 15) is 14.0 Å². The summed E-state index contributed by atoms with van der Waals surface area (Å²) in [5, 5.41) is 2.76. The van der Waals surface area contributed by atoms with Crippen molar-refractivity contribution in [3.8, 4) is 0 Å². The van der Waals surface area contributed by atoms with Gasteiger partial charge in [0.15, 0.2) is 0 Å². The number of hydrogen-bond acceptors (Lipinski definition) is 3. The fraction of sp³-hybridized carbons (Fsp3) is 0.556. The summed E-state index contributed by atoms with van der Waals surface area (Å²) in [7, 11) is 0. The van der Waals surface area contributed by atoms with Gasteiger partial charge in [-0.2, -0.15) is 0 Å². The van der Waals surface area contributed by atoms with Gasteiger partial charge in [0.1, 0.15) is 5.82 Å². The molecule has 130 valence electrons. The second-order valence-electron chi connectivity index (χ2n) is 6.57. The number of nitrogens with zero attached hydrogens (tertiary/aromatic N) is 1. The number of piperidine rings is 1. The molecular weight excluding hydrogens is 311 g/mol. The Morgan fingerprint density at radius 3 is 2.62 bits per heavy atom. The van der Waals surface area contributed by atoms with E-state index in [1.807, 2.05) is 11.8 Å². The first-order valence-corrected chi connectivity index (χ1v) is 8.51. The van der Waals surface area contributed by atoms with Gasteiger partial charge in [-0.15, -0.1) is 0 Å². The molecule has 1 aromatic carbocycles. The fourth-order valence-electron chi connectivity index (χ4n) is 3.46. The number of carbonyl (C=O) groups excluding carboxylic acids is 2. The first-order chi connectivity index (χ1) is 11.5. The van der Waals surface area contributed by atoms with Crippen LogP contribution in [0.3, 0.4) is 0 Å². The minimum absolute atomic E-state index is 0.0218. The van der Waals surface area contributed by atoms with E-state index in [1.54, 1.807) is 12.1 Å². The molecule has 3 rings (SSSR count). The summed E-state index contributed by atoms with van der Waals surface area (Å²) in [6.45, 7) is 3.76. The van der Waals surface area contributed by atoms with E-state index in [0.29, 0.717) is 38.2 Å². The molecule has 1 aromatic rings. The molecule has 0 aliphatic carbocycles. The van der Waals surface area contributed by atoms with Gasteiger partial charge < -0.3 is 15.0 Å². The lowest BCUT2D eigenvalue weighted by atomic mass is 9.93. The maximum Gasteiger partial charge on any atom is 0.228 e. The van der Waals surface area contributed by atoms with Crippen molar-refractivity contribution in [2.75, 3.05) is 25.0 Å². The Hall–Kier alpha value is -1.95. The van der Waals surface area contributed by atoms with Crippen LogP contribution >= 0.6 is 0 Å². The van der Waals surface area contributed by atoms with E-state index < -0.39 is 0 Å². The number of rotatable bonds is 3. The summed E-state index contributed by atoms with van der Waals surface area (Å²) in [5.41, 5.74) is 0.468. The zero-order chi connectivity index (χ0) is 17.1. The molecule has 0 bridgehead atoms. The normalized spacial score (nSPS) is 24.8. The van der Waals surface area contributed by atoms with Crippen LogP contribution in [0.4, 0.5) is 10.1 Å². The van der Waals surface area contributed by atoms with E-state index in [2.05, 4.69) is 5.32 Å². The van der Waals surface area contributed by atoms with Crippen molar-refractivity contribution in [1.82, 2.24) is 4.90 Å². The van der Waals surface area contributed by atoms with Crippen LogP contribution in [0.25, 0.3) is 0 Å². The Labute approximate surface area is 141 Å². The third-order valence-electron chi connectivity index (χ3n) is 4.96. The predicted molar refractivity (Wildman–Crippen MR) is 87.9 cm³/mol. The number of likely N-dealkylation sites (tertiary alicyclic amines) is 1. The van der Waals surface area contributed by atoms with Crippen molar-refractivity contribution in [3.63, 3.8) is 0 Å². The quantitative estimate of drug-likeness (QED) is 0.923. The number of benzene rings is 1. The van der Waals surface area contributed by atoms with Crippen LogP contribution in [-0.4, -0.2) is 42.5 Å². The average Bonchev–Trinajstić information content (AvgIpc) is 3.00. The lowest BCUT2D eigenvalue weighted by Gasteiger charge is -2.33. The zero-order valence-electron chi connectivity index (χ0n) is 13.8. The van der Waals surface area contributed by atoms with Gasteiger partial charge >= 0.3 is 0 Å². The van der Waals surface area contributed by atoms with Crippen LogP contribution in [0.1, 0.15) is 26.2 Å². The molecule has 0 radical (unpaired) electrons. The zero-order valence-corrected chi connectivity index (χ0v) is 13.8. The van der Waals surface area contributed by atoms with Gasteiger partial charge in [0, 0.05) is 31.3 Å². The summed E-state index contributed by atoms with van der Waals surface area (Å²) in [6.07, 6.45) is 2.02. The van der Waals surface area contributed by atoms with Crippen LogP contribution in [0, 0.1) is 17.7 Å². The topological polar surface area (TPSA) is 58.6 Å². The molecule has 2 saturated heterocycles. The third-order valence-corrected chi connectivity index (χ3v) is 4.96. The molecule has 2 fully saturated rings. The van der Waals surface area contributed by atoms with Crippen LogP contribution in [-0.2, 0) is 14.3 Å². The molecule has 6 heteroatoms. The highest BCUT2D eigenvalue weighted by molar-refractivity contribution is 5.92. The Balaban J connectivity index is 1.51. The molecule has 0 spiro atoms. The highest BCUT2D eigenvalue weighted by Crippen LogP contribution is 2.26. The van der Waals surface area contributed by atoms with Crippen LogP contribution in [0.5, 0.6) is 0 Å². The van der Waals surface area contributed by atoms with E-state index >= 15 is 0 Å². The number of anilines is 1. The second-order valence-corrected chi connectivity index (χ2v) is 6.57. The molecule has 2 aliphatic heterocycles. The Bertz CT molecular complexity index is 614. The Morgan fingerprint density at radius 1 is 1.25 bits per heavy atom. The van der Waals surface area contributed by atoms with E-state index in [4.69, 9.17) is 4.74 Å². The van der Waals surface area contributed by atoms with E-state index in [-0.39, 0.29) is 35.6 Å². The standard InChI is InChI=1S/C18H23FN2O3/c1-12-16(7-10-24-12)18(23)21-8-5-13(6-9-21)17(22)20-15-4-2-3-14(19)11-15/h2-4,11-13,16H,5-10H2,1H3,(H,20,22)/t12-,16+/m0/s1. The third kappa shape index (κ3) is 3.75. The summed E-state index contributed by atoms with van der Waals surface area (Å²) in [6, 6.07) is 5.88. The van der Waals surface area contributed by atoms with Crippen molar-refractivity contribution in [1.29, 1.82) is 0 Å². The lowest BCUT2D eigenvalue weighted by Crippen LogP contribution is -2.45. The Kier molecular flexibility index (Phi) is 5.14. The van der Waals surface area contributed by atoms with Gasteiger partial charge in [-0.25, -0.2) is 4.39 Å². The smallest absolute Gasteiger partial charge is 0.228 e. The molecular formula is C18H23FN2O3. The molecule has 0 unspecified atom stereocenters. The predicted octanol–water partition coefficient (Wildman–Crippen LogP) is 2.43. The Morgan fingerprint density at radius 2 is 2.00 bits per heavy atom. The molecule has 2 heterocycles. The summed E-state index contributed by atoms with van der Waals surface area (Å²) in [4.78, 5) is 26.7. The second kappa shape index (κ2) is 7.30. The number of amides is 2. The lowest BCUT2D eigenvalue weighted by molar-refractivity contribution is -0.139. The van der Waals surface area contributed by atoms with Gasteiger partial charge in [0.05, 0.1) is 12.0 Å². The summed E-state index contributed by atoms with van der Waals surface area (Å²) in [5.74, 6) is -0.535. The van der Waals surface area contributed by atoms with Crippen molar-refractivity contribution >= 4 is 17.5 Å². The van der Waals surface area contributed by atoms with Crippen LogP contribution < -0.4 is 5.32 Å². The number of ether oxygens (including phenoxy) is 1. The molecule has 0 aromatic heterocycles. The van der Waals surface area contributed by atoms with Gasteiger partial charge in [-0.05, 0) is 44.4 Å². The summed E-state index contributed by atoms with van der Waals surface area (Å²) >= 11 is 0. The first-order valence-electron chi connectivity index (χ1n) is 8.51. The molecule has 1 N–H and O–H groups in total. The van der Waals surface area contributed by atoms with Crippen molar-refractivity contribution in [2.45, 2.75) is 32.3 Å². The molecule has 24 heavy (non-hydrogen) atoms. The van der Waals surface area contributed by atoms with Crippen molar-refractivity contribution < 1.29 is 18.7 Å². The maximum atomic E-state index is 13.2. The van der Waals surface area contributed by atoms with Gasteiger partial charge in [-0.1, -0.05) is 6.07 Å². The number of halogens is 1. The fourth-order valence-corrected chi connectivity index (χ4v) is 3.46. The van der Waals surface area contributed by atoms with Gasteiger partial charge in [-0.3, -0.25) is 9.59 Å². The van der Waals surface area contributed by atoms with Crippen molar-refractivity contribution in [3.05, 3.63) is 30.1 Å². The van der Waals surface area contributed by atoms with Crippen LogP contribution in [0.15, 0.2) is 24.3 Å². The van der Waals surface area contributed by atoms with Crippen LogP contribution in [0.2, 0.25) is 0 Å². The van der Waals surface area contributed by atoms with E-state index in [0.717, 1.165) is 6.42 Å². The first kappa shape index (κ1) is 16.9. The van der Waals surface area contributed by atoms with Gasteiger partial charge in [0.2, 0.25) is 11.8 Å².